The molecular weight excluding hydrogens is 220 g/mol. The molecule has 0 aliphatic carbocycles. The number of methoxy groups -OCH3 is 1. The largest absolute Gasteiger partial charge is 0.383 e. The summed E-state index contributed by atoms with van der Waals surface area (Å²) in [5.41, 5.74) is 5.75. The van der Waals surface area contributed by atoms with Gasteiger partial charge in [-0.3, -0.25) is 4.79 Å². The van der Waals surface area contributed by atoms with Crippen LogP contribution in [0.1, 0.15) is 26.2 Å². The van der Waals surface area contributed by atoms with Gasteiger partial charge in [0, 0.05) is 26.8 Å². The molecular formula is C12H24N2O3. The van der Waals surface area contributed by atoms with E-state index in [4.69, 9.17) is 15.2 Å². The van der Waals surface area contributed by atoms with Crippen LogP contribution in [-0.4, -0.2) is 56.4 Å². The van der Waals surface area contributed by atoms with Crippen LogP contribution in [0.5, 0.6) is 0 Å². The lowest BCUT2D eigenvalue weighted by molar-refractivity contribution is -0.137. The third-order valence-electron chi connectivity index (χ3n) is 2.91. The summed E-state index contributed by atoms with van der Waals surface area (Å²) in [7, 11) is 1.55. The Morgan fingerprint density at radius 3 is 3.00 bits per heavy atom. The summed E-state index contributed by atoms with van der Waals surface area (Å²) in [4.78, 5) is 13.8. The van der Waals surface area contributed by atoms with Crippen molar-refractivity contribution in [1.82, 2.24) is 4.90 Å². The van der Waals surface area contributed by atoms with Crippen molar-refractivity contribution in [2.45, 2.75) is 38.3 Å². The molecule has 0 aromatic rings. The maximum absolute atomic E-state index is 12.0. The number of ether oxygens (including phenoxy) is 2. The fourth-order valence-electron chi connectivity index (χ4n) is 2.04. The first-order chi connectivity index (χ1) is 8.19. The minimum atomic E-state index is -0.551. The fourth-order valence-corrected chi connectivity index (χ4v) is 2.04. The molecule has 100 valence electrons. The molecule has 17 heavy (non-hydrogen) atoms. The zero-order chi connectivity index (χ0) is 12.7. The lowest BCUT2D eigenvalue weighted by Crippen LogP contribution is -2.51. The van der Waals surface area contributed by atoms with Crippen molar-refractivity contribution in [2.24, 2.45) is 5.73 Å². The first-order valence-corrected chi connectivity index (χ1v) is 6.34. The maximum atomic E-state index is 12.0. The average molecular weight is 244 g/mol. The van der Waals surface area contributed by atoms with E-state index in [0.29, 0.717) is 6.54 Å². The van der Waals surface area contributed by atoms with Crippen LogP contribution in [0, 0.1) is 0 Å². The molecule has 0 aromatic heterocycles. The van der Waals surface area contributed by atoms with Gasteiger partial charge in [0.2, 0.25) is 5.91 Å². The van der Waals surface area contributed by atoms with E-state index in [9.17, 15) is 4.79 Å². The van der Waals surface area contributed by atoms with Crippen LogP contribution >= 0.6 is 0 Å². The Bertz CT molecular complexity index is 236. The number of nitrogens with two attached hydrogens (primary N) is 1. The van der Waals surface area contributed by atoms with Gasteiger partial charge in [-0.15, -0.1) is 0 Å². The zero-order valence-corrected chi connectivity index (χ0v) is 10.9. The highest BCUT2D eigenvalue weighted by molar-refractivity contribution is 5.81. The van der Waals surface area contributed by atoms with Gasteiger partial charge in [0.15, 0.2) is 0 Å². The quantitative estimate of drug-likeness (QED) is 0.733. The van der Waals surface area contributed by atoms with Gasteiger partial charge in [-0.1, -0.05) is 6.92 Å². The van der Waals surface area contributed by atoms with Crippen molar-refractivity contribution in [1.29, 1.82) is 0 Å². The molecule has 2 N–H and O–H groups in total. The summed E-state index contributed by atoms with van der Waals surface area (Å²) in [5.74, 6) is -0.0309. The van der Waals surface area contributed by atoms with Crippen molar-refractivity contribution >= 4 is 5.91 Å². The molecule has 2 unspecified atom stereocenters. The van der Waals surface area contributed by atoms with Crippen LogP contribution < -0.4 is 5.73 Å². The van der Waals surface area contributed by atoms with E-state index in [1.165, 1.54) is 0 Å². The van der Waals surface area contributed by atoms with Crippen LogP contribution in [0.2, 0.25) is 0 Å². The molecule has 1 heterocycles. The smallest absolute Gasteiger partial charge is 0.241 e. The minimum absolute atomic E-state index is 0.0309. The van der Waals surface area contributed by atoms with E-state index >= 15 is 0 Å². The van der Waals surface area contributed by atoms with Gasteiger partial charge in [-0.05, 0) is 19.3 Å². The molecule has 1 amide bonds. The average Bonchev–Trinajstić information content (AvgIpc) is 2.36. The van der Waals surface area contributed by atoms with Crippen LogP contribution in [0.25, 0.3) is 0 Å². The SMILES string of the molecule is CCCOC1CCCN(C(=O)C(N)COC)C1. The topological polar surface area (TPSA) is 64.8 Å². The number of hydrogen-bond donors (Lipinski definition) is 1. The predicted octanol–water partition coefficient (Wildman–Crippen LogP) is 0.378. The lowest BCUT2D eigenvalue weighted by Gasteiger charge is -2.34. The van der Waals surface area contributed by atoms with Gasteiger partial charge >= 0.3 is 0 Å². The van der Waals surface area contributed by atoms with Gasteiger partial charge in [-0.25, -0.2) is 0 Å². The Morgan fingerprint density at radius 1 is 1.59 bits per heavy atom. The molecule has 1 fully saturated rings. The van der Waals surface area contributed by atoms with Gasteiger partial charge in [0.25, 0.3) is 0 Å². The van der Waals surface area contributed by atoms with Crippen LogP contribution in [-0.2, 0) is 14.3 Å². The summed E-state index contributed by atoms with van der Waals surface area (Å²) in [6, 6.07) is -0.551. The molecule has 1 aliphatic heterocycles. The number of nitrogens with zero attached hydrogens (tertiary/aromatic N) is 1. The van der Waals surface area contributed by atoms with Crippen molar-refractivity contribution < 1.29 is 14.3 Å². The van der Waals surface area contributed by atoms with E-state index in [1.807, 2.05) is 0 Å². The molecule has 0 spiro atoms. The molecule has 0 aromatic carbocycles. The molecule has 1 aliphatic rings. The highest BCUT2D eigenvalue weighted by atomic mass is 16.5. The molecule has 0 bridgehead atoms. The van der Waals surface area contributed by atoms with E-state index in [-0.39, 0.29) is 18.6 Å². The second-order valence-corrected chi connectivity index (χ2v) is 4.48. The summed E-state index contributed by atoms with van der Waals surface area (Å²) in [5, 5.41) is 0. The van der Waals surface area contributed by atoms with Gasteiger partial charge < -0.3 is 20.1 Å². The Hall–Kier alpha value is -0.650. The summed E-state index contributed by atoms with van der Waals surface area (Å²) in [6.45, 7) is 4.56. The van der Waals surface area contributed by atoms with E-state index in [1.54, 1.807) is 12.0 Å². The number of hydrogen-bond acceptors (Lipinski definition) is 4. The summed E-state index contributed by atoms with van der Waals surface area (Å²) < 4.78 is 10.6. The van der Waals surface area contributed by atoms with Crippen LogP contribution in [0.4, 0.5) is 0 Å². The van der Waals surface area contributed by atoms with Crippen molar-refractivity contribution in [3.05, 3.63) is 0 Å². The van der Waals surface area contributed by atoms with E-state index in [2.05, 4.69) is 6.92 Å². The fraction of sp³-hybridized carbons (Fsp3) is 0.917. The molecule has 1 rings (SSSR count). The van der Waals surface area contributed by atoms with E-state index in [0.717, 1.165) is 32.4 Å². The van der Waals surface area contributed by atoms with Crippen LogP contribution in [0.15, 0.2) is 0 Å². The highest BCUT2D eigenvalue weighted by Gasteiger charge is 2.27. The number of carbonyl (C=O) groups is 1. The summed E-state index contributed by atoms with van der Waals surface area (Å²) in [6.07, 6.45) is 3.19. The predicted molar refractivity (Wildman–Crippen MR) is 65.7 cm³/mol. The molecule has 2 atom stereocenters. The van der Waals surface area contributed by atoms with Crippen LogP contribution in [0.3, 0.4) is 0 Å². The number of rotatable bonds is 6. The second-order valence-electron chi connectivity index (χ2n) is 4.48. The maximum Gasteiger partial charge on any atom is 0.241 e. The number of amides is 1. The molecule has 0 radical (unpaired) electrons. The van der Waals surface area contributed by atoms with Gasteiger partial charge in [0.1, 0.15) is 6.04 Å². The second kappa shape index (κ2) is 7.63. The first-order valence-electron chi connectivity index (χ1n) is 6.34. The Labute approximate surface area is 103 Å². The highest BCUT2D eigenvalue weighted by Crippen LogP contribution is 2.14. The number of likely N-dealkylation sites (tertiary alicyclic amines) is 1. The number of piperidine rings is 1. The Balaban J connectivity index is 2.39. The van der Waals surface area contributed by atoms with Crippen molar-refractivity contribution in [2.75, 3.05) is 33.4 Å². The third-order valence-corrected chi connectivity index (χ3v) is 2.91. The van der Waals surface area contributed by atoms with Crippen molar-refractivity contribution in [3.8, 4) is 0 Å². The normalized spacial score (nSPS) is 22.5. The minimum Gasteiger partial charge on any atom is -0.383 e. The molecule has 0 saturated carbocycles. The standard InChI is InChI=1S/C12H24N2O3/c1-3-7-17-10-5-4-6-14(8-10)12(15)11(13)9-16-2/h10-11H,3-9,13H2,1-2H3. The van der Waals surface area contributed by atoms with Gasteiger partial charge in [-0.2, -0.15) is 0 Å². The first kappa shape index (κ1) is 14.4. The molecule has 5 heteroatoms. The monoisotopic (exact) mass is 244 g/mol. The van der Waals surface area contributed by atoms with Gasteiger partial charge in [0.05, 0.1) is 12.7 Å². The van der Waals surface area contributed by atoms with E-state index < -0.39 is 6.04 Å². The van der Waals surface area contributed by atoms with Crippen molar-refractivity contribution in [3.63, 3.8) is 0 Å². The Morgan fingerprint density at radius 2 is 2.35 bits per heavy atom. The molecule has 5 nitrogen and oxygen atoms in total. The molecule has 1 saturated heterocycles. The third kappa shape index (κ3) is 4.61. The number of carbonyl (C=O) groups excluding carboxylic acids is 1. The summed E-state index contributed by atoms with van der Waals surface area (Å²) >= 11 is 0. The zero-order valence-electron chi connectivity index (χ0n) is 10.9. The Kier molecular flexibility index (Phi) is 6.47. The lowest BCUT2D eigenvalue weighted by atomic mass is 10.1.